The van der Waals surface area contributed by atoms with Crippen LogP contribution in [0.2, 0.25) is 0 Å². The van der Waals surface area contributed by atoms with E-state index in [1.807, 2.05) is 42.5 Å². The van der Waals surface area contributed by atoms with E-state index in [2.05, 4.69) is 26.9 Å². The molecule has 0 radical (unpaired) electrons. The molecule has 0 fully saturated rings. The summed E-state index contributed by atoms with van der Waals surface area (Å²) >= 11 is 0. The first-order chi connectivity index (χ1) is 11.9. The number of nitrogens with zero attached hydrogens (tertiary/aromatic N) is 4. The Kier molecular flexibility index (Phi) is 3.97. The molecule has 2 aromatic carbocycles. The van der Waals surface area contributed by atoms with E-state index in [0.29, 0.717) is 25.7 Å². The van der Waals surface area contributed by atoms with Crippen molar-refractivity contribution in [2.45, 2.75) is 6.42 Å². The van der Waals surface area contributed by atoms with E-state index in [1.165, 1.54) is 5.56 Å². The molecular formula is C17H17N5O2. The highest BCUT2D eigenvalue weighted by molar-refractivity contribution is 5.44. The molecule has 1 aliphatic heterocycles. The Labute approximate surface area is 139 Å². The van der Waals surface area contributed by atoms with Crippen LogP contribution in [0.5, 0.6) is 11.5 Å². The zero-order valence-corrected chi connectivity index (χ0v) is 13.1. The topological polar surface area (TPSA) is 74.1 Å². The third-order valence-corrected chi connectivity index (χ3v) is 3.77. The van der Waals surface area contributed by atoms with Crippen molar-refractivity contribution in [3.05, 3.63) is 54.1 Å². The Morgan fingerprint density at radius 2 is 1.83 bits per heavy atom. The molecule has 1 aliphatic rings. The number of benzene rings is 2. The summed E-state index contributed by atoms with van der Waals surface area (Å²) in [5.74, 6) is 2.25. The molecule has 3 aromatic rings. The van der Waals surface area contributed by atoms with Gasteiger partial charge in [-0.25, -0.2) is 0 Å². The molecule has 1 aromatic heterocycles. The molecule has 122 valence electrons. The highest BCUT2D eigenvalue weighted by Crippen LogP contribution is 2.30. The van der Waals surface area contributed by atoms with Crippen molar-refractivity contribution in [1.29, 1.82) is 0 Å². The zero-order chi connectivity index (χ0) is 16.2. The van der Waals surface area contributed by atoms with Gasteiger partial charge in [0, 0.05) is 6.54 Å². The minimum absolute atomic E-state index is 0.598. The van der Waals surface area contributed by atoms with Gasteiger partial charge in [0.25, 0.3) is 0 Å². The second-order valence-corrected chi connectivity index (χ2v) is 5.40. The number of nitrogens with one attached hydrogen (secondary N) is 1. The summed E-state index contributed by atoms with van der Waals surface area (Å²) in [6, 6.07) is 15.8. The van der Waals surface area contributed by atoms with Crippen molar-refractivity contribution >= 4 is 5.95 Å². The molecule has 7 heteroatoms. The van der Waals surface area contributed by atoms with E-state index in [-0.39, 0.29) is 0 Å². The van der Waals surface area contributed by atoms with Gasteiger partial charge >= 0.3 is 0 Å². The SMILES string of the molecule is c1ccc(-n2nnnc2NCCc2ccc3c(c2)OCCO3)cc1. The number of hydrogen-bond acceptors (Lipinski definition) is 6. The van der Waals surface area contributed by atoms with Crippen molar-refractivity contribution < 1.29 is 9.47 Å². The van der Waals surface area contributed by atoms with Crippen LogP contribution in [0.1, 0.15) is 5.56 Å². The summed E-state index contributed by atoms with van der Waals surface area (Å²) in [6.45, 7) is 1.92. The summed E-state index contributed by atoms with van der Waals surface area (Å²) in [5, 5.41) is 15.1. The number of anilines is 1. The molecule has 0 atom stereocenters. The Hall–Kier alpha value is -3.09. The summed E-state index contributed by atoms with van der Waals surface area (Å²) in [5.41, 5.74) is 2.09. The molecule has 0 spiro atoms. The summed E-state index contributed by atoms with van der Waals surface area (Å²) < 4.78 is 12.8. The molecular weight excluding hydrogens is 306 g/mol. The fraction of sp³-hybridized carbons (Fsp3) is 0.235. The minimum Gasteiger partial charge on any atom is -0.486 e. The number of rotatable bonds is 5. The highest BCUT2D eigenvalue weighted by Gasteiger charge is 2.12. The fourth-order valence-electron chi connectivity index (χ4n) is 2.60. The monoisotopic (exact) mass is 323 g/mol. The molecule has 0 bridgehead atoms. The van der Waals surface area contributed by atoms with Gasteiger partial charge in [-0.1, -0.05) is 29.4 Å². The van der Waals surface area contributed by atoms with Gasteiger partial charge in [-0.15, -0.1) is 0 Å². The summed E-state index contributed by atoms with van der Waals surface area (Å²) in [4.78, 5) is 0. The minimum atomic E-state index is 0.598. The van der Waals surface area contributed by atoms with E-state index in [0.717, 1.165) is 23.6 Å². The van der Waals surface area contributed by atoms with Gasteiger partial charge in [0.2, 0.25) is 5.95 Å². The molecule has 0 saturated heterocycles. The first-order valence-corrected chi connectivity index (χ1v) is 7.86. The van der Waals surface area contributed by atoms with Gasteiger partial charge in [-0.2, -0.15) is 4.68 Å². The molecule has 7 nitrogen and oxygen atoms in total. The van der Waals surface area contributed by atoms with Crippen LogP contribution in [0, 0.1) is 0 Å². The van der Waals surface area contributed by atoms with E-state index in [4.69, 9.17) is 9.47 Å². The summed E-state index contributed by atoms with van der Waals surface area (Å²) in [7, 11) is 0. The Morgan fingerprint density at radius 1 is 1.00 bits per heavy atom. The van der Waals surface area contributed by atoms with Crippen molar-refractivity contribution in [3.8, 4) is 17.2 Å². The molecule has 0 aliphatic carbocycles. The number of para-hydroxylation sites is 1. The number of fused-ring (bicyclic) bond motifs is 1. The average molecular weight is 323 g/mol. The second-order valence-electron chi connectivity index (χ2n) is 5.40. The fourth-order valence-corrected chi connectivity index (χ4v) is 2.60. The van der Waals surface area contributed by atoms with Crippen LogP contribution >= 0.6 is 0 Å². The van der Waals surface area contributed by atoms with Crippen molar-refractivity contribution in [2.75, 3.05) is 25.1 Å². The molecule has 0 amide bonds. The number of tetrazole rings is 1. The van der Waals surface area contributed by atoms with Crippen molar-refractivity contribution in [3.63, 3.8) is 0 Å². The van der Waals surface area contributed by atoms with Crippen LogP contribution in [-0.4, -0.2) is 40.0 Å². The molecule has 1 N–H and O–H groups in total. The van der Waals surface area contributed by atoms with Gasteiger partial charge < -0.3 is 14.8 Å². The maximum atomic E-state index is 5.61. The van der Waals surface area contributed by atoms with Crippen molar-refractivity contribution in [2.24, 2.45) is 0 Å². The lowest BCUT2D eigenvalue weighted by molar-refractivity contribution is 0.171. The van der Waals surface area contributed by atoms with Crippen LogP contribution in [0.3, 0.4) is 0 Å². The maximum absolute atomic E-state index is 5.61. The molecule has 24 heavy (non-hydrogen) atoms. The highest BCUT2D eigenvalue weighted by atomic mass is 16.6. The Balaban J connectivity index is 1.41. The Morgan fingerprint density at radius 3 is 2.71 bits per heavy atom. The molecule has 4 rings (SSSR count). The predicted octanol–water partition coefficient (Wildman–Crippen LogP) is 2.09. The lowest BCUT2D eigenvalue weighted by atomic mass is 10.1. The lowest BCUT2D eigenvalue weighted by Gasteiger charge is -2.18. The third kappa shape index (κ3) is 3.01. The van der Waals surface area contributed by atoms with Gasteiger partial charge in [0.05, 0.1) is 5.69 Å². The zero-order valence-electron chi connectivity index (χ0n) is 13.1. The number of ether oxygens (including phenoxy) is 2. The van der Waals surface area contributed by atoms with E-state index in [9.17, 15) is 0 Å². The average Bonchev–Trinajstić information content (AvgIpc) is 3.11. The predicted molar refractivity (Wildman–Crippen MR) is 88.8 cm³/mol. The van der Waals surface area contributed by atoms with Crippen LogP contribution in [0.15, 0.2) is 48.5 Å². The quantitative estimate of drug-likeness (QED) is 0.775. The standard InChI is InChI=1S/C17H17N5O2/c1-2-4-14(5-3-1)22-17(19-20-21-22)18-9-8-13-6-7-15-16(12-13)24-11-10-23-15/h1-7,12H,8-11H2,(H,18,19,21). The van der Waals surface area contributed by atoms with Gasteiger partial charge in [-0.3, -0.25) is 0 Å². The van der Waals surface area contributed by atoms with Crippen LogP contribution in [0.4, 0.5) is 5.95 Å². The van der Waals surface area contributed by atoms with Gasteiger partial charge in [0.1, 0.15) is 13.2 Å². The van der Waals surface area contributed by atoms with Gasteiger partial charge in [-0.05, 0) is 46.7 Å². The van der Waals surface area contributed by atoms with E-state index in [1.54, 1.807) is 4.68 Å². The smallest absolute Gasteiger partial charge is 0.247 e. The number of aromatic nitrogens is 4. The third-order valence-electron chi connectivity index (χ3n) is 3.77. The summed E-state index contributed by atoms with van der Waals surface area (Å²) in [6.07, 6.45) is 0.832. The lowest BCUT2D eigenvalue weighted by Crippen LogP contribution is -2.15. The molecule has 2 heterocycles. The maximum Gasteiger partial charge on any atom is 0.247 e. The molecule has 0 saturated carbocycles. The van der Waals surface area contributed by atoms with E-state index >= 15 is 0 Å². The second kappa shape index (κ2) is 6.57. The van der Waals surface area contributed by atoms with Crippen molar-refractivity contribution in [1.82, 2.24) is 20.2 Å². The van der Waals surface area contributed by atoms with Crippen LogP contribution in [0.25, 0.3) is 5.69 Å². The largest absolute Gasteiger partial charge is 0.486 e. The molecule has 0 unspecified atom stereocenters. The first kappa shape index (κ1) is 14.5. The Bertz CT molecular complexity index is 819. The first-order valence-electron chi connectivity index (χ1n) is 7.86. The van der Waals surface area contributed by atoms with Gasteiger partial charge in [0.15, 0.2) is 11.5 Å². The van der Waals surface area contributed by atoms with E-state index < -0.39 is 0 Å². The normalized spacial score (nSPS) is 12.8. The number of hydrogen-bond donors (Lipinski definition) is 1. The van der Waals surface area contributed by atoms with Crippen LogP contribution < -0.4 is 14.8 Å². The van der Waals surface area contributed by atoms with Crippen LogP contribution in [-0.2, 0) is 6.42 Å².